The standard InChI is InChI=1S/C22H25ClN4O4S2/c1-6-27-17(10-31-16-9-12(2)7-8-15(16)23)25-26-22(27)32-11-18(28)24-20-19(21(29)30-5)13(3)14(4)33-20/h7-9H,6,10-11H2,1-5H3,(H,24,28). The van der Waals surface area contributed by atoms with E-state index in [4.69, 9.17) is 21.1 Å². The van der Waals surface area contributed by atoms with Crippen molar-refractivity contribution in [1.29, 1.82) is 0 Å². The number of carbonyl (C=O) groups is 2. The second-order valence-corrected chi connectivity index (χ2v) is 9.76. The molecule has 0 saturated heterocycles. The van der Waals surface area contributed by atoms with Gasteiger partial charge in [-0.05, 0) is 51.0 Å². The summed E-state index contributed by atoms with van der Waals surface area (Å²) in [6.45, 7) is 8.48. The lowest BCUT2D eigenvalue weighted by Crippen LogP contribution is -2.16. The van der Waals surface area contributed by atoms with Crippen LogP contribution in [-0.4, -0.2) is 39.5 Å². The van der Waals surface area contributed by atoms with E-state index in [2.05, 4.69) is 15.5 Å². The number of rotatable bonds is 9. The Morgan fingerprint density at radius 1 is 1.24 bits per heavy atom. The molecule has 11 heteroatoms. The van der Waals surface area contributed by atoms with Crippen molar-refractivity contribution >= 4 is 51.6 Å². The molecule has 0 aliphatic rings. The molecule has 1 aromatic carbocycles. The number of thioether (sulfide) groups is 1. The lowest BCUT2D eigenvalue weighted by molar-refractivity contribution is -0.113. The first-order chi connectivity index (χ1) is 15.7. The van der Waals surface area contributed by atoms with Crippen molar-refractivity contribution in [3.8, 4) is 5.75 Å². The van der Waals surface area contributed by atoms with Gasteiger partial charge in [-0.3, -0.25) is 4.79 Å². The van der Waals surface area contributed by atoms with Crippen LogP contribution in [0.3, 0.4) is 0 Å². The van der Waals surface area contributed by atoms with Gasteiger partial charge in [0.05, 0.1) is 23.4 Å². The Kier molecular flexibility index (Phi) is 8.39. The maximum Gasteiger partial charge on any atom is 0.341 e. The van der Waals surface area contributed by atoms with Gasteiger partial charge >= 0.3 is 5.97 Å². The van der Waals surface area contributed by atoms with Gasteiger partial charge in [-0.1, -0.05) is 29.4 Å². The van der Waals surface area contributed by atoms with E-state index < -0.39 is 5.97 Å². The molecule has 1 amide bonds. The maximum atomic E-state index is 12.6. The molecule has 3 rings (SSSR count). The van der Waals surface area contributed by atoms with Crippen molar-refractivity contribution in [2.75, 3.05) is 18.2 Å². The van der Waals surface area contributed by atoms with E-state index in [1.54, 1.807) is 6.07 Å². The molecule has 0 bridgehead atoms. The lowest BCUT2D eigenvalue weighted by Gasteiger charge is -2.10. The van der Waals surface area contributed by atoms with Crippen molar-refractivity contribution in [1.82, 2.24) is 14.8 Å². The molecular formula is C22H25ClN4O4S2. The van der Waals surface area contributed by atoms with Gasteiger partial charge in [-0.25, -0.2) is 4.79 Å². The number of halogens is 1. The molecule has 0 fully saturated rings. The van der Waals surface area contributed by atoms with Crippen LogP contribution in [-0.2, 0) is 22.7 Å². The molecular weight excluding hydrogens is 484 g/mol. The van der Waals surface area contributed by atoms with Crippen molar-refractivity contribution in [3.05, 3.63) is 50.6 Å². The Morgan fingerprint density at radius 3 is 2.70 bits per heavy atom. The number of benzene rings is 1. The zero-order valence-electron chi connectivity index (χ0n) is 19.0. The zero-order valence-corrected chi connectivity index (χ0v) is 21.4. The highest BCUT2D eigenvalue weighted by Gasteiger charge is 2.22. The van der Waals surface area contributed by atoms with Crippen LogP contribution in [0.4, 0.5) is 5.00 Å². The summed E-state index contributed by atoms with van der Waals surface area (Å²) in [7, 11) is 1.32. The van der Waals surface area contributed by atoms with Gasteiger partial charge in [0.25, 0.3) is 0 Å². The summed E-state index contributed by atoms with van der Waals surface area (Å²) in [6, 6.07) is 5.57. The Morgan fingerprint density at radius 2 is 2.00 bits per heavy atom. The van der Waals surface area contributed by atoms with E-state index in [1.807, 2.05) is 44.4 Å². The highest BCUT2D eigenvalue weighted by molar-refractivity contribution is 7.99. The summed E-state index contributed by atoms with van der Waals surface area (Å²) in [5, 5.41) is 12.9. The van der Waals surface area contributed by atoms with Gasteiger partial charge in [0, 0.05) is 11.4 Å². The first kappa shape index (κ1) is 25.1. The smallest absolute Gasteiger partial charge is 0.341 e. The van der Waals surface area contributed by atoms with Gasteiger partial charge < -0.3 is 19.4 Å². The number of aromatic nitrogens is 3. The largest absolute Gasteiger partial charge is 0.484 e. The molecule has 0 spiro atoms. The minimum absolute atomic E-state index is 0.110. The van der Waals surface area contributed by atoms with Gasteiger partial charge in [-0.15, -0.1) is 21.5 Å². The van der Waals surface area contributed by atoms with Crippen molar-refractivity contribution in [2.24, 2.45) is 0 Å². The summed E-state index contributed by atoms with van der Waals surface area (Å²) >= 11 is 8.81. The Hall–Kier alpha value is -2.56. The predicted octanol–water partition coefficient (Wildman–Crippen LogP) is 5.03. The van der Waals surface area contributed by atoms with E-state index in [-0.39, 0.29) is 18.3 Å². The van der Waals surface area contributed by atoms with E-state index in [0.29, 0.717) is 38.9 Å². The number of esters is 1. The number of methoxy groups -OCH3 is 1. The highest BCUT2D eigenvalue weighted by Crippen LogP contribution is 2.33. The van der Waals surface area contributed by atoms with Crippen LogP contribution in [0, 0.1) is 20.8 Å². The van der Waals surface area contributed by atoms with E-state index in [9.17, 15) is 9.59 Å². The number of ether oxygens (including phenoxy) is 2. The molecule has 0 saturated carbocycles. The van der Waals surface area contributed by atoms with Crippen molar-refractivity contribution < 1.29 is 19.1 Å². The van der Waals surface area contributed by atoms with E-state index in [1.165, 1.54) is 30.2 Å². The molecule has 1 N–H and O–H groups in total. The third kappa shape index (κ3) is 5.87. The summed E-state index contributed by atoms with van der Waals surface area (Å²) in [4.78, 5) is 25.6. The fraction of sp³-hybridized carbons (Fsp3) is 0.364. The van der Waals surface area contributed by atoms with Gasteiger partial charge in [0.15, 0.2) is 11.0 Å². The number of anilines is 1. The van der Waals surface area contributed by atoms with Crippen molar-refractivity contribution in [2.45, 2.75) is 46.0 Å². The Balaban J connectivity index is 1.65. The third-order valence-corrected chi connectivity index (χ3v) is 7.31. The number of hydrogen-bond donors (Lipinski definition) is 1. The number of aryl methyl sites for hydroxylation is 2. The summed E-state index contributed by atoms with van der Waals surface area (Å²) in [6.07, 6.45) is 0. The molecule has 0 aliphatic carbocycles. The van der Waals surface area contributed by atoms with Crippen LogP contribution < -0.4 is 10.1 Å². The lowest BCUT2D eigenvalue weighted by atomic mass is 10.1. The second-order valence-electron chi connectivity index (χ2n) is 7.18. The first-order valence-corrected chi connectivity index (χ1v) is 12.3. The van der Waals surface area contributed by atoms with Crippen LogP contribution in [0.5, 0.6) is 5.75 Å². The molecule has 2 heterocycles. The van der Waals surface area contributed by atoms with Crippen LogP contribution in [0.25, 0.3) is 0 Å². The number of hydrogen-bond acceptors (Lipinski definition) is 8. The third-order valence-electron chi connectivity index (χ3n) is 4.91. The van der Waals surface area contributed by atoms with Gasteiger partial charge in [-0.2, -0.15) is 0 Å². The number of nitrogens with one attached hydrogen (secondary N) is 1. The molecule has 3 aromatic rings. The first-order valence-electron chi connectivity index (χ1n) is 10.2. The minimum Gasteiger partial charge on any atom is -0.484 e. The van der Waals surface area contributed by atoms with Crippen molar-refractivity contribution in [3.63, 3.8) is 0 Å². The van der Waals surface area contributed by atoms with Gasteiger partial charge in [0.1, 0.15) is 17.4 Å². The molecule has 2 aromatic heterocycles. The van der Waals surface area contributed by atoms with Crippen LogP contribution >= 0.6 is 34.7 Å². The average molecular weight is 509 g/mol. The molecule has 0 radical (unpaired) electrons. The number of amides is 1. The Labute approximate surface area is 205 Å². The zero-order chi connectivity index (χ0) is 24.1. The summed E-state index contributed by atoms with van der Waals surface area (Å²) in [5.74, 6) is 0.610. The van der Waals surface area contributed by atoms with Crippen LogP contribution in [0.15, 0.2) is 23.4 Å². The number of thiophene rings is 1. The number of carbonyl (C=O) groups excluding carboxylic acids is 2. The SMILES string of the molecule is CCn1c(COc2cc(C)ccc2Cl)nnc1SCC(=O)Nc1sc(C)c(C)c1C(=O)OC. The summed E-state index contributed by atoms with van der Waals surface area (Å²) in [5.41, 5.74) is 2.24. The normalized spacial score (nSPS) is 10.8. The quantitative estimate of drug-likeness (QED) is 0.319. The molecule has 0 atom stereocenters. The van der Waals surface area contributed by atoms with Crippen LogP contribution in [0.1, 0.15) is 39.1 Å². The van der Waals surface area contributed by atoms with Crippen LogP contribution in [0.2, 0.25) is 5.02 Å². The molecule has 176 valence electrons. The summed E-state index contributed by atoms with van der Waals surface area (Å²) < 4.78 is 12.6. The average Bonchev–Trinajstić information content (AvgIpc) is 3.31. The van der Waals surface area contributed by atoms with E-state index in [0.717, 1.165) is 16.0 Å². The monoisotopic (exact) mass is 508 g/mol. The topological polar surface area (TPSA) is 95.3 Å². The molecule has 0 aliphatic heterocycles. The second kappa shape index (κ2) is 11.0. The molecule has 0 unspecified atom stereocenters. The highest BCUT2D eigenvalue weighted by atomic mass is 35.5. The molecule has 8 nitrogen and oxygen atoms in total. The Bertz CT molecular complexity index is 1180. The predicted molar refractivity (Wildman–Crippen MR) is 131 cm³/mol. The molecule has 33 heavy (non-hydrogen) atoms. The minimum atomic E-state index is -0.469. The van der Waals surface area contributed by atoms with Gasteiger partial charge in [0.2, 0.25) is 5.91 Å². The van der Waals surface area contributed by atoms with E-state index >= 15 is 0 Å². The fourth-order valence-corrected chi connectivity index (χ4v) is 5.13. The number of nitrogens with zero attached hydrogens (tertiary/aromatic N) is 3. The maximum absolute atomic E-state index is 12.6. The fourth-order valence-electron chi connectivity index (χ4n) is 3.07.